The average molecular weight is 317 g/mol. The Kier molecular flexibility index (Phi) is 6.27. The van der Waals surface area contributed by atoms with Crippen molar-refractivity contribution in [2.75, 3.05) is 19.0 Å². The number of anilines is 1. The van der Waals surface area contributed by atoms with Gasteiger partial charge in [-0.15, -0.1) is 0 Å². The SMILES string of the molecule is CCOC(=O)/C(CC)=C(\Nc1ccc(OC)cc1)C(F)(F)F. The Hall–Kier alpha value is -2.18. The molecule has 0 radical (unpaired) electrons. The monoisotopic (exact) mass is 317 g/mol. The van der Waals surface area contributed by atoms with Crippen LogP contribution in [0.15, 0.2) is 35.5 Å². The van der Waals surface area contributed by atoms with Crippen LogP contribution in [0.2, 0.25) is 0 Å². The number of carbonyl (C=O) groups is 1. The second-order valence-electron chi connectivity index (χ2n) is 4.28. The third-order valence-corrected chi connectivity index (χ3v) is 2.82. The van der Waals surface area contributed by atoms with Gasteiger partial charge in [0.05, 0.1) is 19.3 Å². The van der Waals surface area contributed by atoms with E-state index in [1.54, 1.807) is 0 Å². The van der Waals surface area contributed by atoms with Crippen LogP contribution < -0.4 is 10.1 Å². The number of alkyl halides is 3. The lowest BCUT2D eigenvalue weighted by molar-refractivity contribution is -0.140. The van der Waals surface area contributed by atoms with Gasteiger partial charge in [0.15, 0.2) is 0 Å². The Balaban J connectivity index is 3.18. The standard InChI is InChI=1S/C15H18F3NO3/c1-4-12(14(20)22-5-2)13(15(16,17)18)19-10-6-8-11(21-3)9-7-10/h6-9,19H,4-5H2,1-3H3/b13-12-. The number of hydrogen-bond donors (Lipinski definition) is 1. The molecule has 0 aromatic heterocycles. The minimum absolute atomic E-state index is 0.00993. The fraction of sp³-hybridized carbons (Fsp3) is 0.400. The zero-order chi connectivity index (χ0) is 16.8. The number of allylic oxidation sites excluding steroid dienone is 1. The van der Waals surface area contributed by atoms with Crippen molar-refractivity contribution < 1.29 is 27.4 Å². The molecule has 0 aliphatic heterocycles. The Morgan fingerprint density at radius 2 is 1.77 bits per heavy atom. The van der Waals surface area contributed by atoms with Gasteiger partial charge in [-0.25, -0.2) is 4.79 Å². The summed E-state index contributed by atoms with van der Waals surface area (Å²) in [6.07, 6.45) is -4.80. The fourth-order valence-corrected chi connectivity index (χ4v) is 1.78. The molecule has 0 fully saturated rings. The summed E-state index contributed by atoms with van der Waals surface area (Å²) in [5.41, 5.74) is -1.35. The predicted molar refractivity (Wildman–Crippen MR) is 76.6 cm³/mol. The highest BCUT2D eigenvalue weighted by Gasteiger charge is 2.38. The van der Waals surface area contributed by atoms with Crippen molar-refractivity contribution in [3.05, 3.63) is 35.5 Å². The van der Waals surface area contributed by atoms with Crippen molar-refractivity contribution in [2.24, 2.45) is 0 Å². The molecule has 0 aliphatic carbocycles. The molecule has 0 saturated carbocycles. The highest BCUT2D eigenvalue weighted by molar-refractivity contribution is 5.90. The molecule has 0 spiro atoms. The van der Waals surface area contributed by atoms with Gasteiger partial charge < -0.3 is 14.8 Å². The normalized spacial score (nSPS) is 12.5. The van der Waals surface area contributed by atoms with Crippen molar-refractivity contribution in [3.8, 4) is 5.75 Å². The van der Waals surface area contributed by atoms with E-state index in [4.69, 9.17) is 4.74 Å². The molecule has 1 aromatic rings. The van der Waals surface area contributed by atoms with E-state index in [9.17, 15) is 18.0 Å². The molecule has 7 heteroatoms. The van der Waals surface area contributed by atoms with Gasteiger partial charge in [0.25, 0.3) is 0 Å². The van der Waals surface area contributed by atoms with E-state index in [0.29, 0.717) is 5.75 Å². The number of nitrogens with one attached hydrogen (secondary N) is 1. The smallest absolute Gasteiger partial charge is 0.431 e. The molecule has 0 aliphatic rings. The van der Waals surface area contributed by atoms with E-state index in [1.807, 2.05) is 0 Å². The van der Waals surface area contributed by atoms with E-state index < -0.39 is 23.4 Å². The van der Waals surface area contributed by atoms with Crippen LogP contribution in [-0.4, -0.2) is 25.9 Å². The molecule has 1 rings (SSSR count). The molecule has 0 bridgehead atoms. The number of methoxy groups -OCH3 is 1. The Morgan fingerprint density at radius 3 is 2.18 bits per heavy atom. The lowest BCUT2D eigenvalue weighted by atomic mass is 10.1. The Bertz CT molecular complexity index is 536. The number of carbonyl (C=O) groups excluding carboxylic acids is 1. The summed E-state index contributed by atoms with van der Waals surface area (Å²) in [6, 6.07) is 5.91. The van der Waals surface area contributed by atoms with E-state index >= 15 is 0 Å². The summed E-state index contributed by atoms with van der Waals surface area (Å²) >= 11 is 0. The molecule has 0 unspecified atom stereocenters. The quantitative estimate of drug-likeness (QED) is 0.638. The molecule has 0 saturated heterocycles. The molecule has 122 valence electrons. The van der Waals surface area contributed by atoms with Gasteiger partial charge >= 0.3 is 12.1 Å². The van der Waals surface area contributed by atoms with Crippen molar-refractivity contribution in [2.45, 2.75) is 26.4 Å². The van der Waals surface area contributed by atoms with E-state index in [-0.39, 0.29) is 18.7 Å². The van der Waals surface area contributed by atoms with Gasteiger partial charge in [0, 0.05) is 5.69 Å². The number of esters is 1. The van der Waals surface area contributed by atoms with Crippen molar-refractivity contribution in [3.63, 3.8) is 0 Å². The van der Waals surface area contributed by atoms with Crippen LogP contribution in [0.5, 0.6) is 5.75 Å². The lowest BCUT2D eigenvalue weighted by Crippen LogP contribution is -2.25. The van der Waals surface area contributed by atoms with Crippen LogP contribution in [-0.2, 0) is 9.53 Å². The van der Waals surface area contributed by atoms with Crippen LogP contribution in [0.25, 0.3) is 0 Å². The van der Waals surface area contributed by atoms with Crippen molar-refractivity contribution in [1.29, 1.82) is 0 Å². The molecular weight excluding hydrogens is 299 g/mol. The fourth-order valence-electron chi connectivity index (χ4n) is 1.78. The lowest BCUT2D eigenvalue weighted by Gasteiger charge is -2.18. The van der Waals surface area contributed by atoms with Crippen LogP contribution in [0, 0.1) is 0 Å². The minimum Gasteiger partial charge on any atom is -0.497 e. The Morgan fingerprint density at radius 1 is 1.18 bits per heavy atom. The van der Waals surface area contributed by atoms with Crippen molar-refractivity contribution >= 4 is 11.7 Å². The Labute approximate surface area is 126 Å². The van der Waals surface area contributed by atoms with Gasteiger partial charge in [-0.2, -0.15) is 13.2 Å². The third-order valence-electron chi connectivity index (χ3n) is 2.82. The molecule has 0 heterocycles. The summed E-state index contributed by atoms with van der Waals surface area (Å²) in [6.45, 7) is 3.01. The van der Waals surface area contributed by atoms with Crippen LogP contribution >= 0.6 is 0 Å². The first kappa shape index (κ1) is 17.9. The van der Waals surface area contributed by atoms with E-state index in [1.165, 1.54) is 45.2 Å². The number of ether oxygens (including phenoxy) is 2. The zero-order valence-electron chi connectivity index (χ0n) is 12.6. The number of benzene rings is 1. The predicted octanol–water partition coefficient (Wildman–Crippen LogP) is 3.90. The molecule has 4 nitrogen and oxygen atoms in total. The zero-order valence-corrected chi connectivity index (χ0v) is 12.6. The van der Waals surface area contributed by atoms with Crippen molar-refractivity contribution in [1.82, 2.24) is 0 Å². The minimum atomic E-state index is -4.70. The summed E-state index contributed by atoms with van der Waals surface area (Å²) in [7, 11) is 1.46. The van der Waals surface area contributed by atoms with Gasteiger partial charge in [-0.3, -0.25) is 0 Å². The third kappa shape index (κ3) is 4.68. The first-order valence-electron chi connectivity index (χ1n) is 6.72. The topological polar surface area (TPSA) is 47.6 Å². The van der Waals surface area contributed by atoms with Gasteiger partial charge in [0.1, 0.15) is 11.4 Å². The maximum absolute atomic E-state index is 13.2. The summed E-state index contributed by atoms with van der Waals surface area (Å²) in [5.74, 6) is -0.456. The summed E-state index contributed by atoms with van der Waals surface area (Å²) in [5, 5.41) is 2.26. The highest BCUT2D eigenvalue weighted by Crippen LogP contribution is 2.31. The number of hydrogen-bond acceptors (Lipinski definition) is 4. The van der Waals surface area contributed by atoms with Crippen LogP contribution in [0.4, 0.5) is 18.9 Å². The maximum Gasteiger partial charge on any atom is 0.431 e. The van der Waals surface area contributed by atoms with Crippen LogP contribution in [0.1, 0.15) is 20.3 Å². The summed E-state index contributed by atoms with van der Waals surface area (Å²) < 4.78 is 49.3. The molecule has 0 amide bonds. The average Bonchev–Trinajstić information content (AvgIpc) is 2.47. The van der Waals surface area contributed by atoms with E-state index in [0.717, 1.165) is 0 Å². The second kappa shape index (κ2) is 7.72. The molecule has 1 aromatic carbocycles. The number of rotatable bonds is 6. The number of halogens is 3. The molecular formula is C15H18F3NO3. The van der Waals surface area contributed by atoms with Gasteiger partial charge in [-0.05, 0) is 37.6 Å². The van der Waals surface area contributed by atoms with Crippen LogP contribution in [0.3, 0.4) is 0 Å². The first-order valence-corrected chi connectivity index (χ1v) is 6.72. The second-order valence-corrected chi connectivity index (χ2v) is 4.28. The summed E-state index contributed by atoms with van der Waals surface area (Å²) in [4.78, 5) is 11.7. The highest BCUT2D eigenvalue weighted by atomic mass is 19.4. The molecule has 0 atom stereocenters. The first-order chi connectivity index (χ1) is 10.3. The van der Waals surface area contributed by atoms with E-state index in [2.05, 4.69) is 10.1 Å². The van der Waals surface area contributed by atoms with Gasteiger partial charge in [0.2, 0.25) is 0 Å². The maximum atomic E-state index is 13.2. The largest absolute Gasteiger partial charge is 0.497 e. The molecule has 1 N–H and O–H groups in total. The molecule has 22 heavy (non-hydrogen) atoms. The van der Waals surface area contributed by atoms with Gasteiger partial charge in [-0.1, -0.05) is 6.92 Å².